The third-order valence-corrected chi connectivity index (χ3v) is 4.31. The van der Waals surface area contributed by atoms with E-state index in [-0.39, 0.29) is 6.10 Å². The van der Waals surface area contributed by atoms with Crippen LogP contribution in [0.4, 0.5) is 5.82 Å². The number of anilines is 1. The number of hydrogen-bond donors (Lipinski definition) is 2. The lowest BCUT2D eigenvalue weighted by molar-refractivity contribution is 0.222. The smallest absolute Gasteiger partial charge is 0.144 e. The quantitative estimate of drug-likeness (QED) is 0.868. The van der Waals surface area contributed by atoms with Gasteiger partial charge in [0.25, 0.3) is 0 Å². The van der Waals surface area contributed by atoms with Gasteiger partial charge < -0.3 is 15.4 Å². The van der Waals surface area contributed by atoms with Crippen LogP contribution in [0.3, 0.4) is 0 Å². The lowest BCUT2D eigenvalue weighted by Gasteiger charge is -2.13. The second-order valence-electron chi connectivity index (χ2n) is 5.64. The Balaban J connectivity index is 1.69. The highest BCUT2D eigenvalue weighted by atomic mass is 35.5. The van der Waals surface area contributed by atoms with E-state index in [1.807, 2.05) is 12.1 Å². The lowest BCUT2D eigenvalue weighted by Crippen LogP contribution is -2.19. The SMILES string of the molecule is Cc1c(Cl)cnc(NCc2cc(OC3CCNC3)ccn2)c1C#N. The van der Waals surface area contributed by atoms with Crippen LogP contribution >= 0.6 is 11.6 Å². The number of nitriles is 1. The lowest BCUT2D eigenvalue weighted by atomic mass is 10.1. The maximum atomic E-state index is 9.29. The van der Waals surface area contributed by atoms with Gasteiger partial charge in [-0.3, -0.25) is 4.98 Å². The van der Waals surface area contributed by atoms with Crippen LogP contribution < -0.4 is 15.4 Å². The van der Waals surface area contributed by atoms with Gasteiger partial charge in [0.2, 0.25) is 0 Å². The molecule has 1 aliphatic heterocycles. The van der Waals surface area contributed by atoms with E-state index < -0.39 is 0 Å². The summed E-state index contributed by atoms with van der Waals surface area (Å²) in [4.78, 5) is 8.53. The first kappa shape index (κ1) is 16.5. The van der Waals surface area contributed by atoms with Gasteiger partial charge in [-0.1, -0.05) is 11.6 Å². The Kier molecular flexibility index (Phi) is 5.14. The summed E-state index contributed by atoms with van der Waals surface area (Å²) < 4.78 is 5.93. The van der Waals surface area contributed by atoms with Gasteiger partial charge in [-0.25, -0.2) is 4.98 Å². The summed E-state index contributed by atoms with van der Waals surface area (Å²) in [6.45, 7) is 4.11. The molecule has 0 aliphatic carbocycles. The molecule has 1 aliphatic rings. The average Bonchev–Trinajstić information content (AvgIpc) is 3.09. The summed E-state index contributed by atoms with van der Waals surface area (Å²) in [5.74, 6) is 1.31. The van der Waals surface area contributed by atoms with Crippen molar-refractivity contribution in [2.75, 3.05) is 18.4 Å². The van der Waals surface area contributed by atoms with Crippen molar-refractivity contribution in [3.8, 4) is 11.8 Å². The monoisotopic (exact) mass is 343 g/mol. The van der Waals surface area contributed by atoms with E-state index in [0.717, 1.165) is 36.5 Å². The van der Waals surface area contributed by atoms with Crippen LogP contribution in [0.1, 0.15) is 23.2 Å². The fraction of sp³-hybridized carbons (Fsp3) is 0.353. The molecule has 0 radical (unpaired) electrons. The van der Waals surface area contributed by atoms with Gasteiger partial charge in [-0.05, 0) is 31.5 Å². The number of nitrogens with zero attached hydrogens (tertiary/aromatic N) is 3. The molecule has 1 unspecified atom stereocenters. The summed E-state index contributed by atoms with van der Waals surface area (Å²) in [6.07, 6.45) is 4.48. The third kappa shape index (κ3) is 3.75. The fourth-order valence-electron chi connectivity index (χ4n) is 2.57. The molecule has 0 bridgehead atoms. The molecule has 3 heterocycles. The van der Waals surface area contributed by atoms with E-state index in [0.29, 0.717) is 22.9 Å². The largest absolute Gasteiger partial charge is 0.489 e. The molecule has 3 rings (SSSR count). The predicted octanol–water partition coefficient (Wildman–Crippen LogP) is 2.66. The van der Waals surface area contributed by atoms with Crippen LogP contribution in [0.15, 0.2) is 24.5 Å². The van der Waals surface area contributed by atoms with Gasteiger partial charge in [-0.2, -0.15) is 5.26 Å². The zero-order chi connectivity index (χ0) is 16.9. The summed E-state index contributed by atoms with van der Waals surface area (Å²) in [5, 5.41) is 16.2. The minimum absolute atomic E-state index is 0.207. The highest BCUT2D eigenvalue weighted by Crippen LogP contribution is 2.23. The molecular weight excluding hydrogens is 326 g/mol. The topological polar surface area (TPSA) is 82.9 Å². The molecule has 2 aromatic heterocycles. The van der Waals surface area contributed by atoms with Gasteiger partial charge in [0, 0.05) is 25.0 Å². The van der Waals surface area contributed by atoms with Crippen molar-refractivity contribution < 1.29 is 4.74 Å². The van der Waals surface area contributed by atoms with Crippen molar-refractivity contribution in [1.29, 1.82) is 5.26 Å². The molecule has 124 valence electrons. The minimum atomic E-state index is 0.207. The fourth-order valence-corrected chi connectivity index (χ4v) is 2.72. The van der Waals surface area contributed by atoms with Gasteiger partial charge >= 0.3 is 0 Å². The van der Waals surface area contributed by atoms with E-state index in [9.17, 15) is 5.26 Å². The number of nitrogens with one attached hydrogen (secondary N) is 2. The predicted molar refractivity (Wildman–Crippen MR) is 92.2 cm³/mol. The van der Waals surface area contributed by atoms with E-state index in [2.05, 4.69) is 26.7 Å². The second-order valence-corrected chi connectivity index (χ2v) is 6.04. The number of pyridine rings is 2. The summed E-state index contributed by atoms with van der Waals surface area (Å²) >= 11 is 6.01. The highest BCUT2D eigenvalue weighted by molar-refractivity contribution is 6.31. The molecule has 0 aromatic carbocycles. The number of hydrogen-bond acceptors (Lipinski definition) is 6. The molecular formula is C17H18ClN5O. The minimum Gasteiger partial charge on any atom is -0.489 e. The molecule has 0 amide bonds. The number of rotatable bonds is 5. The molecule has 24 heavy (non-hydrogen) atoms. The van der Waals surface area contributed by atoms with Gasteiger partial charge in [0.15, 0.2) is 0 Å². The van der Waals surface area contributed by atoms with Crippen LogP contribution in [-0.4, -0.2) is 29.2 Å². The first-order valence-electron chi connectivity index (χ1n) is 7.78. The number of halogens is 1. The van der Waals surface area contributed by atoms with E-state index >= 15 is 0 Å². The first-order chi connectivity index (χ1) is 11.7. The van der Waals surface area contributed by atoms with E-state index in [4.69, 9.17) is 16.3 Å². The number of aromatic nitrogens is 2. The first-order valence-corrected chi connectivity index (χ1v) is 8.16. The van der Waals surface area contributed by atoms with Crippen molar-refractivity contribution in [1.82, 2.24) is 15.3 Å². The van der Waals surface area contributed by atoms with Crippen molar-refractivity contribution >= 4 is 17.4 Å². The van der Waals surface area contributed by atoms with Gasteiger partial charge in [0.05, 0.1) is 22.8 Å². The zero-order valence-corrected chi connectivity index (χ0v) is 14.1. The number of ether oxygens (including phenoxy) is 1. The molecule has 1 saturated heterocycles. The zero-order valence-electron chi connectivity index (χ0n) is 13.3. The Labute approximate surface area is 145 Å². The molecule has 0 saturated carbocycles. The molecule has 1 fully saturated rings. The molecule has 2 N–H and O–H groups in total. The molecule has 1 atom stereocenters. The maximum absolute atomic E-state index is 9.29. The molecule has 0 spiro atoms. The van der Waals surface area contributed by atoms with Gasteiger partial charge in [0.1, 0.15) is 23.7 Å². The Morgan fingerprint density at radius 3 is 3.12 bits per heavy atom. The van der Waals surface area contributed by atoms with Gasteiger partial charge in [-0.15, -0.1) is 0 Å². The van der Waals surface area contributed by atoms with Crippen LogP contribution in [0.25, 0.3) is 0 Å². The highest BCUT2D eigenvalue weighted by Gasteiger charge is 2.16. The second kappa shape index (κ2) is 7.47. The van der Waals surface area contributed by atoms with Crippen molar-refractivity contribution in [2.24, 2.45) is 0 Å². The van der Waals surface area contributed by atoms with Crippen LogP contribution in [0, 0.1) is 18.3 Å². The maximum Gasteiger partial charge on any atom is 0.144 e. The average molecular weight is 344 g/mol. The summed E-state index contributed by atoms with van der Waals surface area (Å²) in [7, 11) is 0. The molecule has 6 nitrogen and oxygen atoms in total. The summed E-state index contributed by atoms with van der Waals surface area (Å²) in [6, 6.07) is 5.90. The third-order valence-electron chi connectivity index (χ3n) is 3.93. The Hall–Kier alpha value is -2.36. The molecule has 2 aromatic rings. The van der Waals surface area contributed by atoms with Crippen molar-refractivity contribution in [3.05, 3.63) is 46.4 Å². The summed E-state index contributed by atoms with van der Waals surface area (Å²) in [5.41, 5.74) is 1.99. The van der Waals surface area contributed by atoms with Crippen LogP contribution in [-0.2, 0) is 6.54 Å². The normalized spacial score (nSPS) is 16.6. The Morgan fingerprint density at radius 2 is 2.38 bits per heavy atom. The van der Waals surface area contributed by atoms with Crippen molar-refractivity contribution in [2.45, 2.75) is 26.0 Å². The van der Waals surface area contributed by atoms with E-state index in [1.165, 1.54) is 0 Å². The van der Waals surface area contributed by atoms with Crippen LogP contribution in [0.5, 0.6) is 5.75 Å². The van der Waals surface area contributed by atoms with E-state index in [1.54, 1.807) is 19.3 Å². The Morgan fingerprint density at radius 1 is 1.50 bits per heavy atom. The Bertz CT molecular complexity index is 768. The molecule has 7 heteroatoms. The van der Waals surface area contributed by atoms with Crippen LogP contribution in [0.2, 0.25) is 5.02 Å². The van der Waals surface area contributed by atoms with Crippen molar-refractivity contribution in [3.63, 3.8) is 0 Å². The standard InChI is InChI=1S/C17H18ClN5O/c1-11-15(7-19)17(23-10-16(11)18)22-8-12-6-13(3-5-21-12)24-14-2-4-20-9-14/h3,5-6,10,14,20H,2,4,8-9H2,1H3,(H,22,23).